The van der Waals surface area contributed by atoms with Crippen LogP contribution in [0.3, 0.4) is 0 Å². The second kappa shape index (κ2) is 4.27. The number of benzene rings is 1. The van der Waals surface area contributed by atoms with Gasteiger partial charge in [-0.05, 0) is 23.8 Å². The van der Waals surface area contributed by atoms with Gasteiger partial charge in [-0.15, -0.1) is 0 Å². The van der Waals surface area contributed by atoms with E-state index in [1.165, 1.54) is 0 Å². The number of aliphatic imine (C=N–C) groups is 1. The standard InChI is InChI=1S/C16H14N2O2/c1-16(2)12-5-6-13-11(4-3-7-17-13)14(12)18-15(16)10(8-19)9-20/h3-9,19H,1-2H3/b10-8+. The van der Waals surface area contributed by atoms with Crippen LogP contribution in [0.5, 0.6) is 0 Å². The zero-order chi connectivity index (χ0) is 14.3. The molecule has 1 aliphatic rings. The molecule has 0 aliphatic carbocycles. The molecule has 0 atom stereocenters. The lowest BCUT2D eigenvalue weighted by atomic mass is 9.79. The predicted molar refractivity (Wildman–Crippen MR) is 78.6 cm³/mol. The van der Waals surface area contributed by atoms with Gasteiger partial charge < -0.3 is 5.11 Å². The van der Waals surface area contributed by atoms with E-state index in [0.717, 1.165) is 28.4 Å². The van der Waals surface area contributed by atoms with Crippen LogP contribution in [-0.2, 0) is 10.2 Å². The maximum absolute atomic E-state index is 11.1. The summed E-state index contributed by atoms with van der Waals surface area (Å²) in [5, 5.41) is 10.2. The van der Waals surface area contributed by atoms with Gasteiger partial charge in [-0.2, -0.15) is 0 Å². The number of pyridine rings is 1. The van der Waals surface area contributed by atoms with Gasteiger partial charge in [0.25, 0.3) is 0 Å². The summed E-state index contributed by atoms with van der Waals surface area (Å²) in [6.07, 6.45) is 3.19. The Balaban J connectivity index is 2.33. The highest BCUT2D eigenvalue weighted by Gasteiger charge is 2.37. The van der Waals surface area contributed by atoms with Crippen LogP contribution in [0, 0.1) is 0 Å². The highest BCUT2D eigenvalue weighted by molar-refractivity contribution is 6.23. The molecule has 4 nitrogen and oxygen atoms in total. The minimum absolute atomic E-state index is 0.211. The minimum atomic E-state index is -0.422. The first-order chi connectivity index (χ1) is 9.59. The molecule has 0 saturated carbocycles. The van der Waals surface area contributed by atoms with Crippen molar-refractivity contribution in [3.63, 3.8) is 0 Å². The number of aliphatic hydroxyl groups is 1. The normalized spacial score (nSPS) is 16.9. The van der Waals surface area contributed by atoms with Crippen molar-refractivity contribution in [2.24, 2.45) is 4.99 Å². The lowest BCUT2D eigenvalue weighted by molar-refractivity contribution is -0.104. The van der Waals surface area contributed by atoms with Crippen molar-refractivity contribution < 1.29 is 9.90 Å². The third kappa shape index (κ3) is 1.58. The van der Waals surface area contributed by atoms with E-state index < -0.39 is 5.41 Å². The molecular formula is C16H14N2O2. The topological polar surface area (TPSA) is 62.5 Å². The Morgan fingerprint density at radius 2 is 2.10 bits per heavy atom. The van der Waals surface area contributed by atoms with E-state index in [0.29, 0.717) is 12.0 Å². The fourth-order valence-electron chi connectivity index (χ4n) is 2.71. The lowest BCUT2D eigenvalue weighted by Crippen LogP contribution is -2.27. The first kappa shape index (κ1) is 12.5. The van der Waals surface area contributed by atoms with E-state index >= 15 is 0 Å². The quantitative estimate of drug-likeness (QED) is 0.515. The smallest absolute Gasteiger partial charge is 0.155 e. The fourth-order valence-corrected chi connectivity index (χ4v) is 2.71. The minimum Gasteiger partial charge on any atom is -0.515 e. The fraction of sp³-hybridized carbons (Fsp3) is 0.188. The molecule has 0 amide bonds. The number of hydrogen-bond donors (Lipinski definition) is 1. The molecule has 100 valence electrons. The number of carbonyl (C=O) groups is 1. The molecule has 0 spiro atoms. The summed E-state index contributed by atoms with van der Waals surface area (Å²) in [5.74, 6) is 0. The Morgan fingerprint density at radius 3 is 2.80 bits per heavy atom. The number of aliphatic hydroxyl groups excluding tert-OH is 1. The van der Waals surface area contributed by atoms with E-state index in [2.05, 4.69) is 9.98 Å². The Kier molecular flexibility index (Phi) is 2.67. The lowest BCUT2D eigenvalue weighted by Gasteiger charge is -2.22. The van der Waals surface area contributed by atoms with Gasteiger partial charge >= 0.3 is 0 Å². The average molecular weight is 266 g/mol. The van der Waals surface area contributed by atoms with E-state index in [4.69, 9.17) is 0 Å². The second-order valence-corrected chi connectivity index (χ2v) is 5.32. The molecule has 0 radical (unpaired) electrons. The number of carbonyl (C=O) groups excluding carboxylic acids is 1. The first-order valence-corrected chi connectivity index (χ1v) is 6.37. The number of allylic oxidation sites excluding steroid dienone is 1. The largest absolute Gasteiger partial charge is 0.515 e. The number of rotatable bonds is 2. The Morgan fingerprint density at radius 1 is 1.30 bits per heavy atom. The SMILES string of the molecule is CC1(C)C(/C(C=O)=C/O)=Nc2c1ccc1ncccc21. The molecule has 4 heteroatoms. The van der Waals surface area contributed by atoms with Crippen LogP contribution in [0.4, 0.5) is 5.69 Å². The molecule has 1 aliphatic heterocycles. The molecule has 0 saturated heterocycles. The third-order valence-corrected chi connectivity index (χ3v) is 3.79. The summed E-state index contributed by atoms with van der Waals surface area (Å²) in [6.45, 7) is 3.99. The maximum Gasteiger partial charge on any atom is 0.155 e. The maximum atomic E-state index is 11.1. The van der Waals surface area contributed by atoms with Crippen molar-refractivity contribution in [1.29, 1.82) is 0 Å². The molecule has 1 N–H and O–H groups in total. The van der Waals surface area contributed by atoms with E-state index in [9.17, 15) is 9.90 Å². The monoisotopic (exact) mass is 266 g/mol. The van der Waals surface area contributed by atoms with Crippen LogP contribution in [-0.4, -0.2) is 22.1 Å². The summed E-state index contributed by atoms with van der Waals surface area (Å²) in [7, 11) is 0. The Labute approximate surface area is 116 Å². The Hall–Kier alpha value is -2.49. The molecule has 2 heterocycles. The van der Waals surface area contributed by atoms with Crippen molar-refractivity contribution in [1.82, 2.24) is 4.98 Å². The van der Waals surface area contributed by atoms with Crippen molar-refractivity contribution in [2.75, 3.05) is 0 Å². The highest BCUT2D eigenvalue weighted by Crippen LogP contribution is 2.44. The van der Waals surface area contributed by atoms with Crippen molar-refractivity contribution in [3.05, 3.63) is 47.9 Å². The van der Waals surface area contributed by atoms with Crippen LogP contribution >= 0.6 is 0 Å². The van der Waals surface area contributed by atoms with Crippen LogP contribution in [0.25, 0.3) is 10.9 Å². The number of nitrogens with zero attached hydrogens (tertiary/aromatic N) is 2. The summed E-state index contributed by atoms with van der Waals surface area (Å²) >= 11 is 0. The van der Waals surface area contributed by atoms with E-state index in [-0.39, 0.29) is 5.57 Å². The van der Waals surface area contributed by atoms with E-state index in [1.807, 2.05) is 38.1 Å². The molecular weight excluding hydrogens is 252 g/mol. The van der Waals surface area contributed by atoms with Gasteiger partial charge in [0.05, 0.1) is 28.8 Å². The van der Waals surface area contributed by atoms with Crippen molar-refractivity contribution in [2.45, 2.75) is 19.3 Å². The van der Waals surface area contributed by atoms with Gasteiger partial charge in [-0.25, -0.2) is 0 Å². The van der Waals surface area contributed by atoms with Crippen LogP contribution in [0.15, 0.2) is 47.3 Å². The molecule has 1 aromatic carbocycles. The highest BCUT2D eigenvalue weighted by atomic mass is 16.2. The zero-order valence-corrected chi connectivity index (χ0v) is 11.3. The molecule has 2 aromatic rings. The van der Waals surface area contributed by atoms with E-state index in [1.54, 1.807) is 6.20 Å². The van der Waals surface area contributed by atoms with Crippen molar-refractivity contribution >= 4 is 28.6 Å². The van der Waals surface area contributed by atoms with Gasteiger partial charge in [0, 0.05) is 17.0 Å². The van der Waals surface area contributed by atoms with Gasteiger partial charge in [-0.1, -0.05) is 19.9 Å². The van der Waals surface area contributed by atoms with Crippen LogP contribution in [0.2, 0.25) is 0 Å². The number of aldehydes is 1. The second-order valence-electron chi connectivity index (χ2n) is 5.32. The summed E-state index contributed by atoms with van der Waals surface area (Å²) in [4.78, 5) is 20.0. The number of fused-ring (bicyclic) bond motifs is 3. The van der Waals surface area contributed by atoms with Gasteiger partial charge in [-0.3, -0.25) is 14.8 Å². The average Bonchev–Trinajstić information content (AvgIpc) is 2.73. The molecule has 0 unspecified atom stereocenters. The summed E-state index contributed by atoms with van der Waals surface area (Å²) in [5.41, 5.74) is 3.11. The first-order valence-electron chi connectivity index (χ1n) is 6.37. The molecule has 0 bridgehead atoms. The van der Waals surface area contributed by atoms with Crippen LogP contribution in [0.1, 0.15) is 19.4 Å². The van der Waals surface area contributed by atoms with Crippen molar-refractivity contribution in [3.8, 4) is 0 Å². The molecule has 1 aromatic heterocycles. The number of aromatic nitrogens is 1. The van der Waals surface area contributed by atoms with Gasteiger partial charge in [0.2, 0.25) is 0 Å². The Bertz CT molecular complexity index is 773. The molecule has 0 fully saturated rings. The van der Waals surface area contributed by atoms with Crippen LogP contribution < -0.4 is 0 Å². The molecule has 3 rings (SSSR count). The predicted octanol–water partition coefficient (Wildman–Crippen LogP) is 3.24. The zero-order valence-electron chi connectivity index (χ0n) is 11.3. The summed E-state index contributed by atoms with van der Waals surface area (Å²) < 4.78 is 0. The van der Waals surface area contributed by atoms with Gasteiger partial charge in [0.15, 0.2) is 6.29 Å². The molecule has 20 heavy (non-hydrogen) atoms. The number of hydrogen-bond acceptors (Lipinski definition) is 4. The summed E-state index contributed by atoms with van der Waals surface area (Å²) in [6, 6.07) is 7.77. The van der Waals surface area contributed by atoms with Gasteiger partial charge in [0.1, 0.15) is 0 Å². The third-order valence-electron chi connectivity index (χ3n) is 3.79.